The molecule has 0 heterocycles. The van der Waals surface area contributed by atoms with Gasteiger partial charge in [0.15, 0.2) is 0 Å². The number of rotatable bonds is 3. The largest absolute Gasteiger partial charge is 0.334 e. The summed E-state index contributed by atoms with van der Waals surface area (Å²) >= 11 is 0. The highest BCUT2D eigenvalue weighted by Crippen LogP contribution is 2.22. The molecule has 2 amide bonds. The van der Waals surface area contributed by atoms with E-state index in [1.54, 1.807) is 0 Å². The summed E-state index contributed by atoms with van der Waals surface area (Å²) in [5, 5.41) is 6.04. The summed E-state index contributed by atoms with van der Waals surface area (Å²) in [6, 6.07) is 16.4. The van der Waals surface area contributed by atoms with Gasteiger partial charge in [0.05, 0.1) is 0 Å². The molecule has 1 aliphatic rings. The topological polar surface area (TPSA) is 41.1 Å². The minimum absolute atomic E-state index is 0.117. The SMILES string of the molecule is CCc1ccccc1NC(=O)NC1Cc2ccccc2C1. The van der Waals surface area contributed by atoms with Gasteiger partial charge in [-0.05, 0) is 42.0 Å². The number of para-hydroxylation sites is 1. The van der Waals surface area contributed by atoms with Crippen LogP contribution >= 0.6 is 0 Å². The average molecular weight is 280 g/mol. The van der Waals surface area contributed by atoms with Gasteiger partial charge in [0.25, 0.3) is 0 Å². The summed E-state index contributed by atoms with van der Waals surface area (Å²) in [7, 11) is 0. The molecule has 2 aromatic rings. The quantitative estimate of drug-likeness (QED) is 0.887. The fourth-order valence-corrected chi connectivity index (χ4v) is 2.96. The Labute approximate surface area is 125 Å². The van der Waals surface area contributed by atoms with Crippen molar-refractivity contribution in [1.29, 1.82) is 0 Å². The van der Waals surface area contributed by atoms with Crippen LogP contribution in [0.3, 0.4) is 0 Å². The fourth-order valence-electron chi connectivity index (χ4n) is 2.96. The molecule has 2 N–H and O–H groups in total. The first kappa shape index (κ1) is 13.7. The number of aryl methyl sites for hydroxylation is 1. The molecule has 1 aliphatic carbocycles. The second-order valence-corrected chi connectivity index (χ2v) is 5.48. The number of carbonyl (C=O) groups excluding carboxylic acids is 1. The first-order chi connectivity index (χ1) is 10.3. The van der Waals surface area contributed by atoms with Crippen molar-refractivity contribution in [2.45, 2.75) is 32.2 Å². The van der Waals surface area contributed by atoms with Gasteiger partial charge in [-0.15, -0.1) is 0 Å². The zero-order valence-corrected chi connectivity index (χ0v) is 12.2. The highest BCUT2D eigenvalue weighted by atomic mass is 16.2. The molecule has 0 spiro atoms. The Morgan fingerprint density at radius 1 is 1.05 bits per heavy atom. The normalized spacial score (nSPS) is 13.8. The number of carbonyl (C=O) groups is 1. The maximum Gasteiger partial charge on any atom is 0.319 e. The maximum absolute atomic E-state index is 12.2. The van der Waals surface area contributed by atoms with Gasteiger partial charge in [0, 0.05) is 11.7 Å². The predicted octanol–water partition coefficient (Wildman–Crippen LogP) is 3.54. The van der Waals surface area contributed by atoms with Gasteiger partial charge >= 0.3 is 6.03 Å². The number of hydrogen-bond acceptors (Lipinski definition) is 1. The Bertz CT molecular complexity index is 626. The monoisotopic (exact) mass is 280 g/mol. The molecule has 0 aliphatic heterocycles. The van der Waals surface area contributed by atoms with Crippen molar-refractivity contribution >= 4 is 11.7 Å². The summed E-state index contributed by atoms with van der Waals surface area (Å²) in [6.45, 7) is 2.09. The van der Waals surface area contributed by atoms with Gasteiger partial charge in [-0.1, -0.05) is 49.4 Å². The van der Waals surface area contributed by atoms with Crippen LogP contribution in [0, 0.1) is 0 Å². The van der Waals surface area contributed by atoms with Crippen molar-refractivity contribution in [1.82, 2.24) is 5.32 Å². The van der Waals surface area contributed by atoms with Crippen LogP contribution in [0.4, 0.5) is 10.5 Å². The van der Waals surface area contributed by atoms with E-state index in [1.165, 1.54) is 11.1 Å². The lowest BCUT2D eigenvalue weighted by atomic mass is 10.1. The molecule has 3 nitrogen and oxygen atoms in total. The molecule has 0 unspecified atom stereocenters. The Hall–Kier alpha value is -2.29. The van der Waals surface area contributed by atoms with Crippen LogP contribution in [0.25, 0.3) is 0 Å². The second kappa shape index (κ2) is 6.00. The smallest absolute Gasteiger partial charge is 0.319 e. The molecule has 0 atom stereocenters. The van der Waals surface area contributed by atoms with Gasteiger partial charge in [0.1, 0.15) is 0 Å². The van der Waals surface area contributed by atoms with Gasteiger partial charge < -0.3 is 10.6 Å². The Balaban J connectivity index is 1.61. The Morgan fingerprint density at radius 3 is 2.33 bits per heavy atom. The zero-order valence-electron chi connectivity index (χ0n) is 12.2. The third-order valence-electron chi connectivity index (χ3n) is 4.03. The van der Waals surface area contributed by atoms with Crippen molar-refractivity contribution < 1.29 is 4.79 Å². The van der Waals surface area contributed by atoms with E-state index in [2.05, 4.69) is 41.8 Å². The molecule has 0 aromatic heterocycles. The molecular formula is C18H20N2O. The van der Waals surface area contributed by atoms with Crippen LogP contribution in [0.15, 0.2) is 48.5 Å². The van der Waals surface area contributed by atoms with Crippen LogP contribution < -0.4 is 10.6 Å². The number of anilines is 1. The van der Waals surface area contributed by atoms with Crippen LogP contribution in [0.1, 0.15) is 23.6 Å². The third-order valence-corrected chi connectivity index (χ3v) is 4.03. The fraction of sp³-hybridized carbons (Fsp3) is 0.278. The Kier molecular flexibility index (Phi) is 3.91. The standard InChI is InChI=1S/C18H20N2O/c1-2-13-7-5-6-10-17(13)20-18(21)19-16-11-14-8-3-4-9-15(14)12-16/h3-10,16H,2,11-12H2,1H3,(H2,19,20,21). The van der Waals surface area contributed by atoms with Crippen LogP contribution in [-0.2, 0) is 19.3 Å². The number of hydrogen-bond donors (Lipinski definition) is 2. The molecule has 0 fully saturated rings. The van der Waals surface area contributed by atoms with E-state index in [4.69, 9.17) is 0 Å². The van der Waals surface area contributed by atoms with Gasteiger partial charge in [0.2, 0.25) is 0 Å². The summed E-state index contributed by atoms with van der Waals surface area (Å²) in [5.74, 6) is 0. The number of amides is 2. The molecule has 21 heavy (non-hydrogen) atoms. The summed E-state index contributed by atoms with van der Waals surface area (Å²) in [5.41, 5.74) is 4.74. The molecule has 0 bridgehead atoms. The molecular weight excluding hydrogens is 260 g/mol. The molecule has 0 saturated carbocycles. The summed E-state index contributed by atoms with van der Waals surface area (Å²) in [4.78, 5) is 12.2. The summed E-state index contributed by atoms with van der Waals surface area (Å²) in [6.07, 6.45) is 2.74. The number of benzene rings is 2. The van der Waals surface area contributed by atoms with E-state index in [0.29, 0.717) is 0 Å². The van der Waals surface area contributed by atoms with Crippen molar-refractivity contribution in [2.75, 3.05) is 5.32 Å². The average Bonchev–Trinajstić information content (AvgIpc) is 2.89. The van der Waals surface area contributed by atoms with E-state index in [-0.39, 0.29) is 12.1 Å². The van der Waals surface area contributed by atoms with E-state index < -0.39 is 0 Å². The second-order valence-electron chi connectivity index (χ2n) is 5.48. The zero-order chi connectivity index (χ0) is 14.7. The van der Waals surface area contributed by atoms with Crippen LogP contribution in [-0.4, -0.2) is 12.1 Å². The molecule has 0 saturated heterocycles. The highest BCUT2D eigenvalue weighted by Gasteiger charge is 2.22. The number of fused-ring (bicyclic) bond motifs is 1. The van der Waals surface area contributed by atoms with E-state index in [0.717, 1.165) is 30.5 Å². The number of urea groups is 1. The molecule has 3 heteroatoms. The van der Waals surface area contributed by atoms with Gasteiger partial charge in [-0.25, -0.2) is 4.79 Å². The van der Waals surface area contributed by atoms with Crippen molar-refractivity contribution in [3.63, 3.8) is 0 Å². The van der Waals surface area contributed by atoms with Crippen molar-refractivity contribution in [3.8, 4) is 0 Å². The van der Waals surface area contributed by atoms with Gasteiger partial charge in [-0.3, -0.25) is 0 Å². The van der Waals surface area contributed by atoms with Crippen LogP contribution in [0.5, 0.6) is 0 Å². The minimum Gasteiger partial charge on any atom is -0.334 e. The lowest BCUT2D eigenvalue weighted by Gasteiger charge is -2.14. The van der Waals surface area contributed by atoms with Crippen molar-refractivity contribution in [3.05, 3.63) is 65.2 Å². The first-order valence-corrected chi connectivity index (χ1v) is 7.48. The maximum atomic E-state index is 12.2. The van der Waals surface area contributed by atoms with Gasteiger partial charge in [-0.2, -0.15) is 0 Å². The first-order valence-electron chi connectivity index (χ1n) is 7.48. The van der Waals surface area contributed by atoms with E-state index in [1.807, 2.05) is 24.3 Å². The molecule has 108 valence electrons. The van der Waals surface area contributed by atoms with Crippen molar-refractivity contribution in [2.24, 2.45) is 0 Å². The molecule has 3 rings (SSSR count). The molecule has 0 radical (unpaired) electrons. The van der Waals surface area contributed by atoms with E-state index in [9.17, 15) is 4.79 Å². The lowest BCUT2D eigenvalue weighted by Crippen LogP contribution is -2.38. The molecule has 2 aromatic carbocycles. The highest BCUT2D eigenvalue weighted by molar-refractivity contribution is 5.90. The predicted molar refractivity (Wildman–Crippen MR) is 85.6 cm³/mol. The van der Waals surface area contributed by atoms with E-state index >= 15 is 0 Å². The van der Waals surface area contributed by atoms with Crippen LogP contribution in [0.2, 0.25) is 0 Å². The summed E-state index contributed by atoms with van der Waals surface area (Å²) < 4.78 is 0. The number of nitrogens with one attached hydrogen (secondary N) is 2. The minimum atomic E-state index is -0.117. The Morgan fingerprint density at radius 2 is 1.67 bits per heavy atom. The lowest BCUT2D eigenvalue weighted by molar-refractivity contribution is 0.249. The third kappa shape index (κ3) is 3.07.